The Morgan fingerprint density at radius 3 is 1.94 bits per heavy atom. The molecule has 0 bridgehead atoms. The van der Waals surface area contributed by atoms with Gasteiger partial charge in [-0.05, 0) is 18.6 Å². The monoisotopic (exact) mass is 487 g/mol. The van der Waals surface area contributed by atoms with Gasteiger partial charge in [0.05, 0.1) is 10.0 Å². The molecule has 2 aromatic rings. The first kappa shape index (κ1) is 25.8. The van der Waals surface area contributed by atoms with E-state index < -0.39 is 0 Å². The summed E-state index contributed by atoms with van der Waals surface area (Å²) in [6.45, 7) is 2.24. The molecule has 0 aliphatic carbocycles. The number of benzene rings is 1. The quantitative estimate of drug-likeness (QED) is 0.267. The molecule has 1 aromatic carbocycles. The van der Waals surface area contributed by atoms with Crippen molar-refractivity contribution >= 4 is 46.5 Å². The van der Waals surface area contributed by atoms with Gasteiger partial charge < -0.3 is 5.32 Å². The molecular weight excluding hydrogens is 457 g/mol. The van der Waals surface area contributed by atoms with Gasteiger partial charge in [-0.25, -0.2) is 4.68 Å². The first-order valence-electron chi connectivity index (χ1n) is 11.2. The third kappa shape index (κ3) is 8.91. The molecule has 0 fully saturated rings. The number of aromatic amines is 1. The fourth-order valence-corrected chi connectivity index (χ4v) is 4.52. The number of hydrogen-bond donors (Lipinski definition) is 2. The summed E-state index contributed by atoms with van der Waals surface area (Å²) in [6, 6.07) is 4.31. The van der Waals surface area contributed by atoms with Crippen LogP contribution in [0.2, 0.25) is 15.1 Å². The summed E-state index contributed by atoms with van der Waals surface area (Å²) in [5, 5.41) is 6.41. The normalized spacial score (nSPS) is 11.1. The van der Waals surface area contributed by atoms with Crippen LogP contribution in [0.25, 0.3) is 5.69 Å². The molecular formula is C23H32Cl3N3O2. The molecule has 1 amide bonds. The van der Waals surface area contributed by atoms with Crippen molar-refractivity contribution in [2.45, 2.75) is 84.0 Å². The predicted molar refractivity (Wildman–Crippen MR) is 131 cm³/mol. The zero-order chi connectivity index (χ0) is 22.6. The van der Waals surface area contributed by atoms with E-state index in [9.17, 15) is 9.59 Å². The van der Waals surface area contributed by atoms with E-state index in [1.54, 1.807) is 0 Å². The topological polar surface area (TPSA) is 66.9 Å². The van der Waals surface area contributed by atoms with Crippen molar-refractivity contribution in [2.24, 2.45) is 0 Å². The fourth-order valence-electron chi connectivity index (χ4n) is 3.54. The largest absolute Gasteiger partial charge is 0.311 e. The Morgan fingerprint density at radius 2 is 1.39 bits per heavy atom. The lowest BCUT2D eigenvalue weighted by Gasteiger charge is -2.08. The summed E-state index contributed by atoms with van der Waals surface area (Å²) in [5.41, 5.74) is -0.0836. The van der Waals surface area contributed by atoms with Crippen molar-refractivity contribution in [3.8, 4) is 5.69 Å². The lowest BCUT2D eigenvalue weighted by molar-refractivity contribution is -0.116. The molecule has 0 unspecified atom stereocenters. The number of anilines is 1. The predicted octanol–water partition coefficient (Wildman–Crippen LogP) is 7.77. The Bertz CT molecular complexity index is 869. The highest BCUT2D eigenvalue weighted by atomic mass is 35.5. The van der Waals surface area contributed by atoms with Gasteiger partial charge >= 0.3 is 0 Å². The summed E-state index contributed by atoms with van der Waals surface area (Å²) in [7, 11) is 0. The number of H-pyrrole nitrogens is 1. The van der Waals surface area contributed by atoms with Gasteiger partial charge in [0.1, 0.15) is 11.5 Å². The fraction of sp³-hybridized carbons (Fsp3) is 0.565. The van der Waals surface area contributed by atoms with E-state index in [0.717, 1.165) is 19.3 Å². The first-order valence-corrected chi connectivity index (χ1v) is 12.3. The van der Waals surface area contributed by atoms with Crippen LogP contribution < -0.4 is 10.9 Å². The van der Waals surface area contributed by atoms with Gasteiger partial charge in [-0.15, -0.1) is 0 Å². The smallest absolute Gasteiger partial charge is 0.273 e. The van der Waals surface area contributed by atoms with Crippen LogP contribution >= 0.6 is 34.8 Å². The highest BCUT2D eigenvalue weighted by Crippen LogP contribution is 2.31. The minimum Gasteiger partial charge on any atom is -0.311 e. The number of unbranched alkanes of at least 4 members (excludes halogenated alkanes) is 10. The highest BCUT2D eigenvalue weighted by Gasteiger charge is 2.14. The third-order valence-corrected chi connectivity index (χ3v) is 6.00. The van der Waals surface area contributed by atoms with E-state index in [4.69, 9.17) is 34.8 Å². The molecule has 8 heteroatoms. The SMILES string of the molecule is CCCCCCCCCCCCCC(=O)Nc1cc(=O)n(-c2c(Cl)cc(Cl)cc2Cl)[nH]1. The van der Waals surface area contributed by atoms with Crippen LogP contribution in [-0.2, 0) is 4.79 Å². The van der Waals surface area contributed by atoms with E-state index in [0.29, 0.717) is 22.9 Å². The van der Waals surface area contributed by atoms with Crippen molar-refractivity contribution in [1.82, 2.24) is 9.78 Å². The third-order valence-electron chi connectivity index (χ3n) is 5.21. The summed E-state index contributed by atoms with van der Waals surface area (Å²) in [5.74, 6) is 0.179. The molecule has 0 atom stereocenters. The zero-order valence-electron chi connectivity index (χ0n) is 18.1. The maximum absolute atomic E-state index is 12.3. The number of nitrogens with zero attached hydrogens (tertiary/aromatic N) is 1. The second kappa shape index (κ2) is 13.9. The van der Waals surface area contributed by atoms with Crippen LogP contribution in [0.5, 0.6) is 0 Å². The van der Waals surface area contributed by atoms with Gasteiger partial charge in [0, 0.05) is 17.5 Å². The molecule has 1 aromatic heterocycles. The van der Waals surface area contributed by atoms with Crippen LogP contribution in [0.1, 0.15) is 84.0 Å². The van der Waals surface area contributed by atoms with Gasteiger partial charge in [-0.3, -0.25) is 14.7 Å². The van der Waals surface area contributed by atoms with Gasteiger partial charge in [0.15, 0.2) is 0 Å². The van der Waals surface area contributed by atoms with Crippen molar-refractivity contribution < 1.29 is 4.79 Å². The Balaban J connectivity index is 1.70. The molecule has 0 aliphatic rings. The van der Waals surface area contributed by atoms with E-state index in [1.807, 2.05) is 0 Å². The van der Waals surface area contributed by atoms with Crippen molar-refractivity contribution in [1.29, 1.82) is 0 Å². The number of carbonyl (C=O) groups is 1. The Hall–Kier alpha value is -1.43. The maximum atomic E-state index is 12.3. The molecule has 0 spiro atoms. The second-order valence-corrected chi connectivity index (χ2v) is 9.15. The summed E-state index contributed by atoms with van der Waals surface area (Å²) < 4.78 is 1.19. The maximum Gasteiger partial charge on any atom is 0.273 e. The van der Waals surface area contributed by atoms with Gasteiger partial charge in [-0.2, -0.15) is 0 Å². The Morgan fingerprint density at radius 1 is 0.871 bits per heavy atom. The number of rotatable bonds is 14. The minimum absolute atomic E-state index is 0.127. The van der Waals surface area contributed by atoms with Crippen LogP contribution in [-0.4, -0.2) is 15.7 Å². The number of hydrogen-bond acceptors (Lipinski definition) is 2. The molecule has 0 radical (unpaired) electrons. The minimum atomic E-state index is -0.379. The standard InChI is InChI=1S/C23H32Cl3N3O2/c1-2-3-4-5-6-7-8-9-10-11-12-13-21(30)27-20-16-22(31)29(28-20)23-18(25)14-17(24)15-19(23)26/h14-16,28H,2-13H2,1H3,(H,27,30). The Kier molecular flexibility index (Phi) is 11.6. The molecule has 0 aliphatic heterocycles. The average Bonchev–Trinajstić information content (AvgIpc) is 3.05. The molecule has 31 heavy (non-hydrogen) atoms. The molecule has 5 nitrogen and oxygen atoms in total. The van der Waals surface area contributed by atoms with Crippen molar-refractivity contribution in [3.05, 3.63) is 43.6 Å². The van der Waals surface area contributed by atoms with Crippen LogP contribution in [0.3, 0.4) is 0 Å². The molecule has 1 heterocycles. The number of halogens is 3. The van der Waals surface area contributed by atoms with Crippen LogP contribution in [0.15, 0.2) is 23.0 Å². The highest BCUT2D eigenvalue weighted by molar-refractivity contribution is 6.40. The van der Waals surface area contributed by atoms with Gasteiger partial charge in [0.2, 0.25) is 5.91 Å². The lowest BCUT2D eigenvalue weighted by atomic mass is 10.1. The van der Waals surface area contributed by atoms with Crippen molar-refractivity contribution in [2.75, 3.05) is 5.32 Å². The zero-order valence-corrected chi connectivity index (χ0v) is 20.4. The Labute approximate surface area is 199 Å². The second-order valence-electron chi connectivity index (χ2n) is 7.90. The van der Waals surface area contributed by atoms with E-state index >= 15 is 0 Å². The first-order chi connectivity index (χ1) is 14.9. The number of carbonyl (C=O) groups excluding carboxylic acids is 1. The van der Waals surface area contributed by atoms with Crippen LogP contribution in [0.4, 0.5) is 5.82 Å². The number of aromatic nitrogens is 2. The molecule has 0 saturated carbocycles. The molecule has 172 valence electrons. The average molecular weight is 489 g/mol. The summed E-state index contributed by atoms with van der Waals surface area (Å²) >= 11 is 18.3. The molecule has 2 N–H and O–H groups in total. The number of nitrogens with one attached hydrogen (secondary N) is 2. The molecule has 0 saturated heterocycles. The van der Waals surface area contributed by atoms with E-state index in [1.165, 1.54) is 74.2 Å². The van der Waals surface area contributed by atoms with Gasteiger partial charge in [-0.1, -0.05) is 106 Å². The van der Waals surface area contributed by atoms with Crippen molar-refractivity contribution in [3.63, 3.8) is 0 Å². The van der Waals surface area contributed by atoms with E-state index in [-0.39, 0.29) is 21.5 Å². The lowest BCUT2D eigenvalue weighted by Crippen LogP contribution is -2.14. The van der Waals surface area contributed by atoms with Gasteiger partial charge in [0.25, 0.3) is 5.56 Å². The number of amides is 1. The summed E-state index contributed by atoms with van der Waals surface area (Å²) in [6.07, 6.45) is 14.0. The summed E-state index contributed by atoms with van der Waals surface area (Å²) in [4.78, 5) is 24.5. The van der Waals surface area contributed by atoms with Crippen LogP contribution in [0, 0.1) is 0 Å². The molecule has 2 rings (SSSR count). The van der Waals surface area contributed by atoms with E-state index in [2.05, 4.69) is 17.3 Å².